The van der Waals surface area contributed by atoms with Gasteiger partial charge < -0.3 is 5.32 Å². The fourth-order valence-corrected chi connectivity index (χ4v) is 4.43. The zero-order valence-corrected chi connectivity index (χ0v) is 12.0. The molecule has 1 aliphatic carbocycles. The second kappa shape index (κ2) is 3.96. The Morgan fingerprint density at radius 3 is 2.50 bits per heavy atom. The molecule has 2 bridgehead atoms. The van der Waals surface area contributed by atoms with Gasteiger partial charge in [0.1, 0.15) is 0 Å². The third-order valence-electron chi connectivity index (χ3n) is 6.25. The minimum absolute atomic E-state index is 0.136. The van der Waals surface area contributed by atoms with Crippen molar-refractivity contribution in [2.75, 3.05) is 13.1 Å². The minimum Gasteiger partial charge on any atom is -0.340 e. The first kappa shape index (κ1) is 12.5. The van der Waals surface area contributed by atoms with Gasteiger partial charge in [0.05, 0.1) is 11.6 Å². The van der Waals surface area contributed by atoms with Gasteiger partial charge in [-0.15, -0.1) is 0 Å². The normalized spacial score (nSPS) is 43.8. The van der Waals surface area contributed by atoms with Gasteiger partial charge >= 0.3 is 0 Å². The van der Waals surface area contributed by atoms with Crippen molar-refractivity contribution in [3.05, 3.63) is 0 Å². The SMILES string of the molecule is CC1(C)[C@H]2CC[C@]1(C)C(=O)N[C@@H]2N1CCCCC1. The first-order valence-corrected chi connectivity index (χ1v) is 7.52. The van der Waals surface area contributed by atoms with Crippen LogP contribution in [0.25, 0.3) is 0 Å². The van der Waals surface area contributed by atoms with Crippen molar-refractivity contribution in [3.63, 3.8) is 0 Å². The fourth-order valence-electron chi connectivity index (χ4n) is 4.43. The lowest BCUT2D eigenvalue weighted by Crippen LogP contribution is -2.64. The molecule has 0 radical (unpaired) electrons. The van der Waals surface area contributed by atoms with Crippen molar-refractivity contribution in [2.24, 2.45) is 16.7 Å². The largest absolute Gasteiger partial charge is 0.340 e. The Morgan fingerprint density at radius 1 is 1.17 bits per heavy atom. The average Bonchev–Trinajstić information content (AvgIpc) is 2.51. The molecule has 3 atom stereocenters. The third-order valence-corrected chi connectivity index (χ3v) is 6.25. The lowest BCUT2D eigenvalue weighted by atomic mass is 9.62. The summed E-state index contributed by atoms with van der Waals surface area (Å²) < 4.78 is 0. The molecule has 18 heavy (non-hydrogen) atoms. The summed E-state index contributed by atoms with van der Waals surface area (Å²) in [6.45, 7) is 9.10. The van der Waals surface area contributed by atoms with E-state index < -0.39 is 0 Å². The number of carbonyl (C=O) groups is 1. The number of fused-ring (bicyclic) bond motifs is 2. The Kier molecular flexibility index (Phi) is 2.74. The number of carbonyl (C=O) groups excluding carboxylic acids is 1. The molecule has 0 aromatic heterocycles. The van der Waals surface area contributed by atoms with E-state index >= 15 is 0 Å². The van der Waals surface area contributed by atoms with Crippen LogP contribution in [0.4, 0.5) is 0 Å². The van der Waals surface area contributed by atoms with Crippen LogP contribution in [0.3, 0.4) is 0 Å². The number of likely N-dealkylation sites (tertiary alicyclic amines) is 1. The highest BCUT2D eigenvalue weighted by Crippen LogP contribution is 2.59. The summed E-state index contributed by atoms with van der Waals surface area (Å²) in [4.78, 5) is 15.0. The number of hydrogen-bond donors (Lipinski definition) is 1. The summed E-state index contributed by atoms with van der Waals surface area (Å²) in [5.74, 6) is 0.912. The first-order chi connectivity index (χ1) is 8.47. The van der Waals surface area contributed by atoms with Crippen LogP contribution >= 0.6 is 0 Å². The van der Waals surface area contributed by atoms with Gasteiger partial charge in [-0.2, -0.15) is 0 Å². The first-order valence-electron chi connectivity index (χ1n) is 7.52. The van der Waals surface area contributed by atoms with E-state index in [9.17, 15) is 4.79 Å². The highest BCUT2D eigenvalue weighted by atomic mass is 16.2. The Balaban J connectivity index is 1.88. The Labute approximate surface area is 110 Å². The molecule has 102 valence electrons. The standard InChI is InChI=1S/C15H26N2O/c1-14(2)11-7-8-15(14,3)13(18)16-12(11)17-9-5-4-6-10-17/h11-12H,4-10H2,1-3H3,(H,16,18)/t11-,12+,15+/m0/s1. The molecule has 1 saturated carbocycles. The van der Waals surface area contributed by atoms with Crippen LogP contribution in [-0.4, -0.2) is 30.1 Å². The topological polar surface area (TPSA) is 32.3 Å². The molecule has 0 aromatic carbocycles. The summed E-state index contributed by atoms with van der Waals surface area (Å²) in [5.41, 5.74) is -0.0125. The maximum Gasteiger partial charge on any atom is 0.227 e. The van der Waals surface area contributed by atoms with Gasteiger partial charge in [0.15, 0.2) is 0 Å². The lowest BCUT2D eigenvalue weighted by molar-refractivity contribution is -0.148. The van der Waals surface area contributed by atoms with Gasteiger partial charge in [-0.3, -0.25) is 9.69 Å². The second-order valence-corrected chi connectivity index (χ2v) is 7.21. The Morgan fingerprint density at radius 2 is 1.83 bits per heavy atom. The molecule has 3 heteroatoms. The summed E-state index contributed by atoms with van der Waals surface area (Å²) in [6, 6.07) is 0. The number of hydrogen-bond acceptors (Lipinski definition) is 2. The molecule has 0 unspecified atom stereocenters. The molecule has 3 rings (SSSR count). The van der Waals surface area contributed by atoms with Gasteiger partial charge in [0.2, 0.25) is 5.91 Å². The van der Waals surface area contributed by atoms with Crippen molar-refractivity contribution in [1.29, 1.82) is 0 Å². The van der Waals surface area contributed by atoms with E-state index in [-0.39, 0.29) is 16.7 Å². The van der Waals surface area contributed by atoms with Crippen LogP contribution in [0.2, 0.25) is 0 Å². The number of nitrogens with one attached hydrogen (secondary N) is 1. The summed E-state index contributed by atoms with van der Waals surface area (Å²) >= 11 is 0. The molecular formula is C15H26N2O. The Bertz CT molecular complexity index is 360. The molecule has 1 amide bonds. The van der Waals surface area contributed by atoms with Crippen molar-refractivity contribution in [1.82, 2.24) is 10.2 Å². The number of rotatable bonds is 1. The molecule has 3 aliphatic rings. The second-order valence-electron chi connectivity index (χ2n) is 7.21. The van der Waals surface area contributed by atoms with Gasteiger partial charge in [0, 0.05) is 13.1 Å². The molecule has 0 spiro atoms. The van der Waals surface area contributed by atoms with E-state index in [2.05, 4.69) is 31.0 Å². The zero-order valence-electron chi connectivity index (χ0n) is 12.0. The van der Waals surface area contributed by atoms with E-state index in [0.717, 1.165) is 19.5 Å². The van der Waals surface area contributed by atoms with Crippen molar-refractivity contribution >= 4 is 5.91 Å². The summed E-state index contributed by atoms with van der Waals surface area (Å²) in [7, 11) is 0. The molecule has 2 saturated heterocycles. The number of amides is 1. The highest BCUT2D eigenvalue weighted by Gasteiger charge is 2.62. The van der Waals surface area contributed by atoms with Crippen LogP contribution < -0.4 is 5.32 Å². The summed E-state index contributed by atoms with van der Waals surface area (Å²) in [5, 5.41) is 3.33. The van der Waals surface area contributed by atoms with Crippen LogP contribution in [0.5, 0.6) is 0 Å². The van der Waals surface area contributed by atoms with Crippen LogP contribution in [0.1, 0.15) is 52.9 Å². The molecule has 3 nitrogen and oxygen atoms in total. The van der Waals surface area contributed by atoms with E-state index in [1.165, 1.54) is 25.7 Å². The van der Waals surface area contributed by atoms with E-state index in [4.69, 9.17) is 0 Å². The molecule has 2 aliphatic heterocycles. The van der Waals surface area contributed by atoms with Gasteiger partial charge in [0.25, 0.3) is 0 Å². The molecule has 0 aromatic rings. The van der Waals surface area contributed by atoms with E-state index in [0.29, 0.717) is 12.1 Å². The molecule has 2 heterocycles. The van der Waals surface area contributed by atoms with E-state index in [1.807, 2.05) is 0 Å². The van der Waals surface area contributed by atoms with Crippen molar-refractivity contribution in [3.8, 4) is 0 Å². The fraction of sp³-hybridized carbons (Fsp3) is 0.933. The average molecular weight is 250 g/mol. The molecule has 3 fully saturated rings. The maximum atomic E-state index is 12.5. The third kappa shape index (κ3) is 1.49. The monoisotopic (exact) mass is 250 g/mol. The van der Waals surface area contributed by atoms with Gasteiger partial charge in [-0.05, 0) is 37.0 Å². The smallest absolute Gasteiger partial charge is 0.227 e. The predicted octanol–water partition coefficient (Wildman–Crippen LogP) is 2.37. The molecule has 1 N–H and O–H groups in total. The Hall–Kier alpha value is -0.570. The molecular weight excluding hydrogens is 224 g/mol. The van der Waals surface area contributed by atoms with Crippen LogP contribution in [0.15, 0.2) is 0 Å². The van der Waals surface area contributed by atoms with Crippen molar-refractivity contribution in [2.45, 2.75) is 59.0 Å². The van der Waals surface area contributed by atoms with Gasteiger partial charge in [-0.25, -0.2) is 0 Å². The lowest BCUT2D eigenvalue weighted by Gasteiger charge is -2.52. The van der Waals surface area contributed by atoms with E-state index in [1.54, 1.807) is 0 Å². The van der Waals surface area contributed by atoms with Crippen LogP contribution in [0, 0.1) is 16.7 Å². The highest BCUT2D eigenvalue weighted by molar-refractivity contribution is 5.85. The quantitative estimate of drug-likeness (QED) is 0.775. The minimum atomic E-state index is -0.149. The summed E-state index contributed by atoms with van der Waals surface area (Å²) in [6.07, 6.45) is 6.48. The van der Waals surface area contributed by atoms with Crippen LogP contribution in [-0.2, 0) is 4.79 Å². The maximum absolute atomic E-state index is 12.5. The van der Waals surface area contributed by atoms with Gasteiger partial charge in [-0.1, -0.05) is 27.2 Å². The number of piperidine rings is 2. The number of nitrogens with zero attached hydrogens (tertiary/aromatic N) is 1. The predicted molar refractivity (Wildman–Crippen MR) is 72.0 cm³/mol. The zero-order chi connectivity index (χ0) is 13.0. The van der Waals surface area contributed by atoms with Crippen molar-refractivity contribution < 1.29 is 4.79 Å².